The summed E-state index contributed by atoms with van der Waals surface area (Å²) in [5.74, 6) is -0.197. The Labute approximate surface area is 113 Å². The molecule has 4 N–H and O–H groups in total. The number of nitrogen functional groups attached to an aromatic ring is 1. The fourth-order valence-electron chi connectivity index (χ4n) is 2.57. The molecule has 0 saturated carbocycles. The number of aryl methyl sites for hydroxylation is 1. The van der Waals surface area contributed by atoms with Crippen LogP contribution in [0.3, 0.4) is 0 Å². The lowest BCUT2D eigenvalue weighted by Gasteiger charge is -2.46. The molecule has 106 valence electrons. The van der Waals surface area contributed by atoms with Gasteiger partial charge in [0.2, 0.25) is 0 Å². The highest BCUT2D eigenvalue weighted by Gasteiger charge is 2.43. The minimum atomic E-state index is -0.721. The fourth-order valence-corrected chi connectivity index (χ4v) is 2.57. The van der Waals surface area contributed by atoms with Gasteiger partial charge in [0, 0.05) is 0 Å². The first-order valence-corrected chi connectivity index (χ1v) is 6.85. The normalized spacial score (nSPS) is 17.3. The van der Waals surface area contributed by atoms with Crippen molar-refractivity contribution >= 4 is 11.6 Å². The molecule has 1 amide bonds. The lowest BCUT2D eigenvalue weighted by atomic mass is 9.89. The standard InChI is InChI=1S/C13H22N4O2/c1-3-5-9-10(14)11(16-15-9)12(18)17-7-13(19,8-17)6-4-2/h19H,3-8,14H2,1-2H3,(H,15,16). The van der Waals surface area contributed by atoms with E-state index in [1.54, 1.807) is 4.90 Å². The minimum Gasteiger partial charge on any atom is -0.395 e. The summed E-state index contributed by atoms with van der Waals surface area (Å²) in [6, 6.07) is 0. The van der Waals surface area contributed by atoms with Gasteiger partial charge in [0.15, 0.2) is 5.69 Å². The molecule has 1 aromatic heterocycles. The smallest absolute Gasteiger partial charge is 0.276 e. The summed E-state index contributed by atoms with van der Waals surface area (Å²) >= 11 is 0. The van der Waals surface area contributed by atoms with E-state index in [9.17, 15) is 9.90 Å². The average Bonchev–Trinajstić information content (AvgIpc) is 2.68. The highest BCUT2D eigenvalue weighted by atomic mass is 16.3. The zero-order valence-electron chi connectivity index (χ0n) is 11.6. The van der Waals surface area contributed by atoms with Crippen LogP contribution in [0.2, 0.25) is 0 Å². The Kier molecular flexibility index (Phi) is 3.80. The molecule has 1 aromatic rings. The molecule has 0 radical (unpaired) electrons. The number of aliphatic hydroxyl groups is 1. The number of nitrogens with one attached hydrogen (secondary N) is 1. The quantitative estimate of drug-likeness (QED) is 0.739. The summed E-state index contributed by atoms with van der Waals surface area (Å²) in [6.07, 6.45) is 3.35. The number of likely N-dealkylation sites (tertiary alicyclic amines) is 1. The molecule has 6 heteroatoms. The molecule has 0 aromatic carbocycles. The van der Waals surface area contributed by atoms with E-state index in [0.29, 0.717) is 25.2 Å². The monoisotopic (exact) mass is 266 g/mol. The molecular formula is C13H22N4O2. The van der Waals surface area contributed by atoms with Crippen molar-refractivity contribution in [3.8, 4) is 0 Å². The van der Waals surface area contributed by atoms with Crippen LogP contribution in [0, 0.1) is 0 Å². The maximum atomic E-state index is 12.2. The zero-order valence-corrected chi connectivity index (χ0v) is 11.6. The summed E-state index contributed by atoms with van der Waals surface area (Å²) in [5.41, 5.74) is 6.75. The summed E-state index contributed by atoms with van der Waals surface area (Å²) < 4.78 is 0. The van der Waals surface area contributed by atoms with Gasteiger partial charge in [-0.15, -0.1) is 0 Å². The second-order valence-corrected chi connectivity index (χ2v) is 5.35. The Bertz CT molecular complexity index is 463. The van der Waals surface area contributed by atoms with Crippen molar-refractivity contribution in [3.05, 3.63) is 11.4 Å². The van der Waals surface area contributed by atoms with E-state index in [1.807, 2.05) is 13.8 Å². The molecule has 0 atom stereocenters. The third-order valence-electron chi connectivity index (χ3n) is 3.56. The number of rotatable bonds is 5. The van der Waals surface area contributed by atoms with Gasteiger partial charge in [0.05, 0.1) is 30.1 Å². The minimum absolute atomic E-state index is 0.197. The Morgan fingerprint density at radius 3 is 2.74 bits per heavy atom. The molecule has 0 unspecified atom stereocenters. The lowest BCUT2D eigenvalue weighted by molar-refractivity contribution is -0.0861. The third kappa shape index (κ3) is 2.58. The number of anilines is 1. The Hall–Kier alpha value is -1.56. The molecule has 1 fully saturated rings. The number of nitrogens with zero attached hydrogens (tertiary/aromatic N) is 2. The van der Waals surface area contributed by atoms with Gasteiger partial charge in [-0.25, -0.2) is 0 Å². The highest BCUT2D eigenvalue weighted by molar-refractivity contribution is 5.98. The first-order valence-electron chi connectivity index (χ1n) is 6.85. The van der Waals surface area contributed by atoms with Crippen molar-refractivity contribution in [2.45, 2.75) is 45.1 Å². The van der Waals surface area contributed by atoms with Gasteiger partial charge >= 0.3 is 0 Å². The van der Waals surface area contributed by atoms with Crippen molar-refractivity contribution in [2.24, 2.45) is 0 Å². The van der Waals surface area contributed by atoms with E-state index in [2.05, 4.69) is 10.2 Å². The zero-order chi connectivity index (χ0) is 14.0. The highest BCUT2D eigenvalue weighted by Crippen LogP contribution is 2.28. The van der Waals surface area contributed by atoms with Crippen molar-refractivity contribution in [1.82, 2.24) is 15.1 Å². The molecule has 1 aliphatic rings. The van der Waals surface area contributed by atoms with E-state index < -0.39 is 5.60 Å². The number of aromatic amines is 1. The molecule has 0 aliphatic carbocycles. The van der Waals surface area contributed by atoms with Crippen LogP contribution in [-0.4, -0.2) is 44.8 Å². The number of carbonyl (C=O) groups excluding carboxylic acids is 1. The Morgan fingerprint density at radius 2 is 2.16 bits per heavy atom. The molecule has 19 heavy (non-hydrogen) atoms. The second-order valence-electron chi connectivity index (χ2n) is 5.35. The van der Waals surface area contributed by atoms with E-state index in [0.717, 1.165) is 25.0 Å². The van der Waals surface area contributed by atoms with Crippen LogP contribution < -0.4 is 5.73 Å². The summed E-state index contributed by atoms with van der Waals surface area (Å²) in [5, 5.41) is 16.9. The van der Waals surface area contributed by atoms with Gasteiger partial charge in [-0.3, -0.25) is 9.89 Å². The number of β-amino-alcohol motifs (C(OH)–C–C–N with tert-alkyl or cyclic N) is 1. The van der Waals surface area contributed by atoms with Crippen LogP contribution in [0.15, 0.2) is 0 Å². The van der Waals surface area contributed by atoms with Crippen LogP contribution in [0.25, 0.3) is 0 Å². The fraction of sp³-hybridized carbons (Fsp3) is 0.692. The number of H-pyrrole nitrogens is 1. The number of hydrogen-bond acceptors (Lipinski definition) is 4. The molecule has 2 heterocycles. The van der Waals surface area contributed by atoms with Crippen molar-refractivity contribution < 1.29 is 9.90 Å². The van der Waals surface area contributed by atoms with Gasteiger partial charge in [0.1, 0.15) is 0 Å². The van der Waals surface area contributed by atoms with Crippen LogP contribution in [0.5, 0.6) is 0 Å². The number of nitrogens with two attached hydrogens (primary N) is 1. The van der Waals surface area contributed by atoms with Crippen LogP contribution >= 0.6 is 0 Å². The largest absolute Gasteiger partial charge is 0.395 e. The Balaban J connectivity index is 2.02. The topological polar surface area (TPSA) is 95.2 Å². The van der Waals surface area contributed by atoms with Gasteiger partial charge < -0.3 is 15.7 Å². The van der Waals surface area contributed by atoms with Gasteiger partial charge in [-0.05, 0) is 12.8 Å². The molecule has 6 nitrogen and oxygen atoms in total. The number of aromatic nitrogens is 2. The van der Waals surface area contributed by atoms with Gasteiger partial charge in [-0.2, -0.15) is 5.10 Å². The first kappa shape index (κ1) is 13.9. The summed E-state index contributed by atoms with van der Waals surface area (Å²) in [6.45, 7) is 4.80. The second kappa shape index (κ2) is 5.21. The van der Waals surface area contributed by atoms with Crippen LogP contribution in [-0.2, 0) is 6.42 Å². The number of hydrogen-bond donors (Lipinski definition) is 3. The molecule has 2 rings (SSSR count). The van der Waals surface area contributed by atoms with E-state index in [4.69, 9.17) is 5.73 Å². The van der Waals surface area contributed by atoms with Crippen molar-refractivity contribution in [3.63, 3.8) is 0 Å². The molecule has 0 spiro atoms. The molecular weight excluding hydrogens is 244 g/mol. The number of amides is 1. The van der Waals surface area contributed by atoms with E-state index in [1.165, 1.54) is 0 Å². The van der Waals surface area contributed by atoms with Crippen molar-refractivity contribution in [1.29, 1.82) is 0 Å². The number of carbonyl (C=O) groups is 1. The van der Waals surface area contributed by atoms with E-state index in [-0.39, 0.29) is 11.6 Å². The molecule has 1 saturated heterocycles. The maximum absolute atomic E-state index is 12.2. The Morgan fingerprint density at radius 1 is 1.47 bits per heavy atom. The van der Waals surface area contributed by atoms with E-state index >= 15 is 0 Å². The SMILES string of the molecule is CCCc1[nH]nc(C(=O)N2CC(O)(CCC)C2)c1N. The third-order valence-corrected chi connectivity index (χ3v) is 3.56. The van der Waals surface area contributed by atoms with Crippen LogP contribution in [0.1, 0.15) is 49.3 Å². The van der Waals surface area contributed by atoms with Crippen molar-refractivity contribution in [2.75, 3.05) is 18.8 Å². The van der Waals surface area contributed by atoms with Gasteiger partial charge in [-0.1, -0.05) is 26.7 Å². The average molecular weight is 266 g/mol. The predicted octanol–water partition coefficient (Wildman–Crippen LogP) is 0.931. The summed E-state index contributed by atoms with van der Waals surface area (Å²) in [4.78, 5) is 13.8. The lowest BCUT2D eigenvalue weighted by Crippen LogP contribution is -2.63. The molecule has 0 bridgehead atoms. The molecule has 1 aliphatic heterocycles. The summed E-state index contributed by atoms with van der Waals surface area (Å²) in [7, 11) is 0. The van der Waals surface area contributed by atoms with Crippen LogP contribution in [0.4, 0.5) is 5.69 Å². The first-order chi connectivity index (χ1) is 9.00. The van der Waals surface area contributed by atoms with Gasteiger partial charge in [0.25, 0.3) is 5.91 Å². The predicted molar refractivity (Wildman–Crippen MR) is 72.8 cm³/mol. The maximum Gasteiger partial charge on any atom is 0.276 e.